The first kappa shape index (κ1) is 12.3. The number of allylic oxidation sites excluding steroid dienone is 2. The SMILES string of the molecule is O=[N+]([O-])c1cc(CNCC2CC=CCC2)cs1. The fourth-order valence-corrected chi connectivity index (χ4v) is 2.74. The quantitative estimate of drug-likeness (QED) is 0.497. The summed E-state index contributed by atoms with van der Waals surface area (Å²) < 4.78 is 0. The Morgan fingerprint density at radius 2 is 2.41 bits per heavy atom. The van der Waals surface area contributed by atoms with E-state index in [2.05, 4.69) is 17.5 Å². The van der Waals surface area contributed by atoms with E-state index in [9.17, 15) is 10.1 Å². The number of hydrogen-bond acceptors (Lipinski definition) is 4. The fourth-order valence-electron chi connectivity index (χ4n) is 2.01. The van der Waals surface area contributed by atoms with Gasteiger partial charge in [-0.15, -0.1) is 0 Å². The van der Waals surface area contributed by atoms with Crippen molar-refractivity contribution in [1.82, 2.24) is 5.32 Å². The second kappa shape index (κ2) is 5.93. The highest BCUT2D eigenvalue weighted by atomic mass is 32.1. The van der Waals surface area contributed by atoms with Crippen molar-refractivity contribution in [3.05, 3.63) is 39.3 Å². The zero-order valence-corrected chi connectivity index (χ0v) is 10.4. The Kier molecular flexibility index (Phi) is 4.28. The largest absolute Gasteiger partial charge is 0.324 e. The molecule has 0 radical (unpaired) electrons. The van der Waals surface area contributed by atoms with Crippen LogP contribution in [0.25, 0.3) is 0 Å². The summed E-state index contributed by atoms with van der Waals surface area (Å²) in [5.74, 6) is 0.716. The minimum Gasteiger partial charge on any atom is -0.312 e. The predicted octanol–water partition coefficient (Wildman–Crippen LogP) is 3.10. The van der Waals surface area contributed by atoms with Gasteiger partial charge in [0.15, 0.2) is 0 Å². The molecule has 1 aliphatic carbocycles. The van der Waals surface area contributed by atoms with Crippen LogP contribution >= 0.6 is 11.3 Å². The molecule has 0 spiro atoms. The van der Waals surface area contributed by atoms with E-state index >= 15 is 0 Å². The van der Waals surface area contributed by atoms with Crippen LogP contribution in [-0.4, -0.2) is 11.5 Å². The molecule has 92 valence electrons. The molecule has 1 N–H and O–H groups in total. The van der Waals surface area contributed by atoms with Gasteiger partial charge in [-0.25, -0.2) is 0 Å². The monoisotopic (exact) mass is 252 g/mol. The summed E-state index contributed by atoms with van der Waals surface area (Å²) >= 11 is 1.19. The van der Waals surface area contributed by atoms with Crippen LogP contribution in [0.5, 0.6) is 0 Å². The molecule has 0 saturated carbocycles. The minimum atomic E-state index is -0.333. The van der Waals surface area contributed by atoms with Crippen molar-refractivity contribution >= 4 is 16.3 Å². The fraction of sp³-hybridized carbons (Fsp3) is 0.500. The average molecular weight is 252 g/mol. The molecule has 0 fully saturated rings. The van der Waals surface area contributed by atoms with Crippen molar-refractivity contribution < 1.29 is 4.92 Å². The van der Waals surface area contributed by atoms with Crippen molar-refractivity contribution in [2.75, 3.05) is 6.54 Å². The maximum absolute atomic E-state index is 10.5. The lowest BCUT2D eigenvalue weighted by atomic mass is 9.94. The molecule has 4 nitrogen and oxygen atoms in total. The molecule has 0 amide bonds. The molecule has 1 atom stereocenters. The van der Waals surface area contributed by atoms with Crippen molar-refractivity contribution in [2.45, 2.75) is 25.8 Å². The molecule has 17 heavy (non-hydrogen) atoms. The van der Waals surface area contributed by atoms with Crippen LogP contribution in [-0.2, 0) is 6.54 Å². The molecule has 1 heterocycles. The summed E-state index contributed by atoms with van der Waals surface area (Å²) in [5.41, 5.74) is 1.01. The molecular formula is C12H16N2O2S. The maximum atomic E-state index is 10.5. The smallest absolute Gasteiger partial charge is 0.312 e. The van der Waals surface area contributed by atoms with Gasteiger partial charge in [0.2, 0.25) is 0 Å². The van der Waals surface area contributed by atoms with E-state index in [1.807, 2.05) is 5.38 Å². The topological polar surface area (TPSA) is 55.2 Å². The second-order valence-corrected chi connectivity index (χ2v) is 5.22. The molecule has 1 aromatic heterocycles. The van der Waals surface area contributed by atoms with E-state index in [0.29, 0.717) is 5.92 Å². The Morgan fingerprint density at radius 3 is 3.06 bits per heavy atom. The first-order valence-electron chi connectivity index (χ1n) is 5.83. The molecule has 1 unspecified atom stereocenters. The molecule has 0 bridgehead atoms. The van der Waals surface area contributed by atoms with Gasteiger partial charge in [-0.3, -0.25) is 10.1 Å². The number of thiophene rings is 1. The van der Waals surface area contributed by atoms with Gasteiger partial charge >= 0.3 is 5.00 Å². The van der Waals surface area contributed by atoms with Gasteiger partial charge in [0.25, 0.3) is 0 Å². The van der Waals surface area contributed by atoms with Gasteiger partial charge in [-0.05, 0) is 37.3 Å². The summed E-state index contributed by atoms with van der Waals surface area (Å²) in [6.45, 7) is 1.72. The van der Waals surface area contributed by atoms with E-state index in [4.69, 9.17) is 0 Å². The van der Waals surface area contributed by atoms with E-state index in [1.54, 1.807) is 6.07 Å². The van der Waals surface area contributed by atoms with E-state index < -0.39 is 0 Å². The Morgan fingerprint density at radius 1 is 1.53 bits per heavy atom. The highest BCUT2D eigenvalue weighted by Crippen LogP contribution is 2.22. The molecule has 0 aromatic carbocycles. The minimum absolute atomic E-state index is 0.224. The zero-order valence-electron chi connectivity index (χ0n) is 9.59. The Labute approximate surface area is 104 Å². The third-order valence-corrected chi connectivity index (χ3v) is 3.89. The molecule has 1 aromatic rings. The third-order valence-electron chi connectivity index (χ3n) is 2.96. The third kappa shape index (κ3) is 3.64. The van der Waals surface area contributed by atoms with Crippen LogP contribution in [0.3, 0.4) is 0 Å². The lowest BCUT2D eigenvalue weighted by Gasteiger charge is -2.17. The van der Waals surface area contributed by atoms with Crippen LogP contribution in [0.1, 0.15) is 24.8 Å². The van der Waals surface area contributed by atoms with Crippen molar-refractivity contribution in [1.29, 1.82) is 0 Å². The number of rotatable bonds is 5. The highest BCUT2D eigenvalue weighted by Gasteiger charge is 2.11. The first-order chi connectivity index (χ1) is 8.25. The highest BCUT2D eigenvalue weighted by molar-refractivity contribution is 7.13. The molecular weight excluding hydrogens is 236 g/mol. The summed E-state index contributed by atoms with van der Waals surface area (Å²) in [7, 11) is 0. The second-order valence-electron chi connectivity index (χ2n) is 4.33. The molecule has 0 aliphatic heterocycles. The summed E-state index contributed by atoms with van der Waals surface area (Å²) in [6.07, 6.45) is 8.05. The Hall–Kier alpha value is -1.20. The lowest BCUT2D eigenvalue weighted by molar-refractivity contribution is -0.380. The van der Waals surface area contributed by atoms with Gasteiger partial charge in [-0.1, -0.05) is 23.5 Å². The van der Waals surface area contributed by atoms with E-state index in [1.165, 1.54) is 24.2 Å². The molecule has 1 aliphatic rings. The van der Waals surface area contributed by atoms with Crippen molar-refractivity contribution in [3.8, 4) is 0 Å². The maximum Gasteiger partial charge on any atom is 0.324 e. The Balaban J connectivity index is 1.73. The number of nitro groups is 1. The molecule has 2 rings (SSSR count). The summed E-state index contributed by atoms with van der Waals surface area (Å²) in [6, 6.07) is 1.65. The number of nitrogens with zero attached hydrogens (tertiary/aromatic N) is 1. The van der Waals surface area contributed by atoms with Crippen molar-refractivity contribution in [2.24, 2.45) is 5.92 Å². The lowest BCUT2D eigenvalue weighted by Crippen LogP contribution is -2.22. The zero-order chi connectivity index (χ0) is 12.1. The van der Waals surface area contributed by atoms with Gasteiger partial charge in [-0.2, -0.15) is 0 Å². The van der Waals surface area contributed by atoms with Crippen LogP contribution in [0.15, 0.2) is 23.6 Å². The van der Waals surface area contributed by atoms with Gasteiger partial charge < -0.3 is 5.32 Å². The summed E-state index contributed by atoms with van der Waals surface area (Å²) in [4.78, 5) is 10.2. The number of hydrogen-bond donors (Lipinski definition) is 1. The molecule has 5 heteroatoms. The number of nitrogens with one attached hydrogen (secondary N) is 1. The van der Waals surface area contributed by atoms with Crippen LogP contribution in [0, 0.1) is 16.0 Å². The normalized spacial score (nSPS) is 19.4. The van der Waals surface area contributed by atoms with E-state index in [0.717, 1.165) is 25.1 Å². The van der Waals surface area contributed by atoms with Crippen LogP contribution in [0.2, 0.25) is 0 Å². The standard InChI is InChI=1S/C12H16N2O2S/c15-14(16)12-6-11(9-17-12)8-13-7-10-4-2-1-3-5-10/h1-2,6,9-10,13H,3-5,7-8H2. The average Bonchev–Trinajstić information content (AvgIpc) is 2.79. The van der Waals surface area contributed by atoms with Gasteiger partial charge in [0, 0.05) is 18.0 Å². The first-order valence-corrected chi connectivity index (χ1v) is 6.71. The van der Waals surface area contributed by atoms with Gasteiger partial charge in [0.1, 0.15) is 0 Å². The predicted molar refractivity (Wildman–Crippen MR) is 69.2 cm³/mol. The van der Waals surface area contributed by atoms with Crippen LogP contribution in [0.4, 0.5) is 5.00 Å². The summed E-state index contributed by atoms with van der Waals surface area (Å²) in [5, 5.41) is 16.0. The van der Waals surface area contributed by atoms with Crippen molar-refractivity contribution in [3.63, 3.8) is 0 Å². The van der Waals surface area contributed by atoms with Gasteiger partial charge in [0.05, 0.1) is 4.92 Å². The van der Waals surface area contributed by atoms with Crippen LogP contribution < -0.4 is 5.32 Å². The Bertz CT molecular complexity index is 414. The van der Waals surface area contributed by atoms with E-state index in [-0.39, 0.29) is 9.92 Å². The molecule has 0 saturated heterocycles.